The summed E-state index contributed by atoms with van der Waals surface area (Å²) in [5, 5.41) is 10.3. The van der Waals surface area contributed by atoms with Gasteiger partial charge in [-0.1, -0.05) is 29.8 Å². The zero-order valence-electron chi connectivity index (χ0n) is 11.4. The molecule has 5 nitrogen and oxygen atoms in total. The van der Waals surface area contributed by atoms with Crippen molar-refractivity contribution in [3.05, 3.63) is 40.3 Å². The lowest BCUT2D eigenvalue weighted by molar-refractivity contribution is 0.207. The van der Waals surface area contributed by atoms with Crippen LogP contribution in [0.25, 0.3) is 6.08 Å². The van der Waals surface area contributed by atoms with Crippen LogP contribution in [0.1, 0.15) is 5.56 Å². The van der Waals surface area contributed by atoms with Gasteiger partial charge in [0.1, 0.15) is 0 Å². The summed E-state index contributed by atoms with van der Waals surface area (Å²) in [7, 11) is -3.45. The first-order valence-electron chi connectivity index (χ1n) is 6.55. The Kier molecular flexibility index (Phi) is 5.37. The molecule has 1 aliphatic heterocycles. The molecule has 21 heavy (non-hydrogen) atoms. The molecule has 1 aromatic rings. The highest BCUT2D eigenvalue weighted by molar-refractivity contribution is 7.92. The molecule has 0 bridgehead atoms. The van der Waals surface area contributed by atoms with Gasteiger partial charge in [-0.05, 0) is 17.7 Å². The highest BCUT2D eigenvalue weighted by Crippen LogP contribution is 2.18. The number of nitriles is 1. The van der Waals surface area contributed by atoms with E-state index in [1.54, 1.807) is 24.3 Å². The maximum Gasteiger partial charge on any atom is 0.236 e. The summed E-state index contributed by atoms with van der Waals surface area (Å²) in [5.74, 6) is 0. The number of rotatable bonds is 4. The number of hydrogen-bond donors (Lipinski definition) is 0. The van der Waals surface area contributed by atoms with E-state index >= 15 is 0 Å². The van der Waals surface area contributed by atoms with Crippen LogP contribution in [0.2, 0.25) is 5.02 Å². The van der Waals surface area contributed by atoms with Gasteiger partial charge in [-0.25, -0.2) is 8.42 Å². The fourth-order valence-corrected chi connectivity index (χ4v) is 3.46. The molecule has 2 rings (SSSR count). The van der Waals surface area contributed by atoms with Gasteiger partial charge in [0.15, 0.2) is 0 Å². The third kappa shape index (κ3) is 4.29. The Morgan fingerprint density at radius 3 is 2.52 bits per heavy atom. The van der Waals surface area contributed by atoms with Gasteiger partial charge in [-0.3, -0.25) is 4.90 Å². The largest absolute Gasteiger partial charge is 0.288 e. The fraction of sp³-hybridized carbons (Fsp3) is 0.357. The number of benzene rings is 1. The van der Waals surface area contributed by atoms with E-state index < -0.39 is 10.0 Å². The molecule has 1 heterocycles. The molecule has 1 saturated heterocycles. The van der Waals surface area contributed by atoms with E-state index in [0.29, 0.717) is 43.3 Å². The first kappa shape index (κ1) is 16.0. The molecule has 1 aromatic carbocycles. The molecule has 112 valence electrons. The maximum atomic E-state index is 12.2. The highest BCUT2D eigenvalue weighted by Gasteiger charge is 2.24. The molecular weight excluding hydrogens is 310 g/mol. The van der Waals surface area contributed by atoms with Crippen LogP contribution in [0.4, 0.5) is 0 Å². The standard InChI is InChI=1S/C14H16ClN3O2S/c15-14-4-2-1-3-13(14)5-12-21(19,20)18-10-8-17(7-6-16)9-11-18/h1-5,12H,7-11H2/b12-5+. The van der Waals surface area contributed by atoms with Crippen molar-refractivity contribution >= 4 is 27.7 Å². The van der Waals surface area contributed by atoms with Crippen molar-refractivity contribution in [2.45, 2.75) is 0 Å². The minimum absolute atomic E-state index is 0.337. The molecule has 7 heteroatoms. The van der Waals surface area contributed by atoms with Gasteiger partial charge in [0.05, 0.1) is 12.6 Å². The minimum atomic E-state index is -3.45. The molecule has 1 aliphatic rings. The third-order valence-corrected chi connectivity index (χ3v) is 5.22. The number of halogens is 1. The molecule has 1 fully saturated rings. The van der Waals surface area contributed by atoms with Crippen molar-refractivity contribution in [2.24, 2.45) is 0 Å². The fourth-order valence-electron chi connectivity index (χ4n) is 2.10. The highest BCUT2D eigenvalue weighted by atomic mass is 35.5. The maximum absolute atomic E-state index is 12.2. The quantitative estimate of drug-likeness (QED) is 0.792. The summed E-state index contributed by atoms with van der Waals surface area (Å²) in [6.07, 6.45) is 1.51. The number of piperazine rings is 1. The summed E-state index contributed by atoms with van der Waals surface area (Å²) >= 11 is 6.00. The minimum Gasteiger partial charge on any atom is -0.288 e. The van der Waals surface area contributed by atoms with Crippen LogP contribution < -0.4 is 0 Å². The molecule has 0 N–H and O–H groups in total. The van der Waals surface area contributed by atoms with Gasteiger partial charge >= 0.3 is 0 Å². The van der Waals surface area contributed by atoms with Crippen molar-refractivity contribution in [1.82, 2.24) is 9.21 Å². The van der Waals surface area contributed by atoms with Gasteiger partial charge in [0, 0.05) is 36.6 Å². The second kappa shape index (κ2) is 7.05. The Bertz CT molecular complexity index is 659. The lowest BCUT2D eigenvalue weighted by Crippen LogP contribution is -2.48. The molecule has 0 amide bonds. The number of nitrogens with zero attached hydrogens (tertiary/aromatic N) is 3. The van der Waals surface area contributed by atoms with E-state index in [9.17, 15) is 8.42 Å². The summed E-state index contributed by atoms with van der Waals surface area (Å²) < 4.78 is 25.9. The van der Waals surface area contributed by atoms with Crippen LogP contribution in [0, 0.1) is 11.3 Å². The van der Waals surface area contributed by atoms with Crippen molar-refractivity contribution in [2.75, 3.05) is 32.7 Å². The van der Waals surface area contributed by atoms with E-state index in [-0.39, 0.29) is 0 Å². The van der Waals surface area contributed by atoms with Crippen molar-refractivity contribution in [3.8, 4) is 6.07 Å². The average molecular weight is 326 g/mol. The Morgan fingerprint density at radius 1 is 1.24 bits per heavy atom. The van der Waals surface area contributed by atoms with Gasteiger partial charge in [0.25, 0.3) is 0 Å². The lowest BCUT2D eigenvalue weighted by Gasteiger charge is -2.31. The SMILES string of the molecule is N#CCN1CCN(S(=O)(=O)/C=C/c2ccccc2Cl)CC1. The second-order valence-electron chi connectivity index (χ2n) is 4.70. The van der Waals surface area contributed by atoms with Crippen LogP contribution in [0.15, 0.2) is 29.7 Å². The molecule has 0 spiro atoms. The van der Waals surface area contributed by atoms with E-state index in [1.165, 1.54) is 15.8 Å². The van der Waals surface area contributed by atoms with Gasteiger partial charge < -0.3 is 0 Å². The van der Waals surface area contributed by atoms with Gasteiger partial charge in [0.2, 0.25) is 10.0 Å². The van der Waals surface area contributed by atoms with Gasteiger partial charge in [-0.2, -0.15) is 9.57 Å². The zero-order chi connectivity index (χ0) is 15.3. The molecule has 0 atom stereocenters. The van der Waals surface area contributed by atoms with E-state index in [4.69, 9.17) is 16.9 Å². The van der Waals surface area contributed by atoms with Crippen LogP contribution in [0.5, 0.6) is 0 Å². The topological polar surface area (TPSA) is 64.4 Å². The molecule has 0 radical (unpaired) electrons. The first-order chi connectivity index (χ1) is 10.0. The van der Waals surface area contributed by atoms with Crippen molar-refractivity contribution in [3.63, 3.8) is 0 Å². The average Bonchev–Trinajstić information content (AvgIpc) is 2.47. The normalized spacial score (nSPS) is 17.9. The predicted octanol–water partition coefficient (Wildman–Crippen LogP) is 1.78. The zero-order valence-corrected chi connectivity index (χ0v) is 13.0. The second-order valence-corrected chi connectivity index (χ2v) is 6.93. The summed E-state index contributed by atoms with van der Waals surface area (Å²) in [5.41, 5.74) is 0.672. The monoisotopic (exact) mass is 325 g/mol. The smallest absolute Gasteiger partial charge is 0.236 e. The van der Waals surface area contributed by atoms with Crippen LogP contribution >= 0.6 is 11.6 Å². The van der Waals surface area contributed by atoms with Crippen molar-refractivity contribution in [1.29, 1.82) is 5.26 Å². The summed E-state index contributed by atoms with van der Waals surface area (Å²) in [4.78, 5) is 1.93. The number of sulfonamides is 1. The van der Waals surface area contributed by atoms with Gasteiger partial charge in [-0.15, -0.1) is 0 Å². The third-order valence-electron chi connectivity index (χ3n) is 3.31. The van der Waals surface area contributed by atoms with Crippen molar-refractivity contribution < 1.29 is 8.42 Å². The van der Waals surface area contributed by atoms with Crippen LogP contribution in [-0.2, 0) is 10.0 Å². The summed E-state index contributed by atoms with van der Waals surface area (Å²) in [6.45, 7) is 2.29. The number of hydrogen-bond acceptors (Lipinski definition) is 4. The summed E-state index contributed by atoms with van der Waals surface area (Å²) in [6, 6.07) is 9.15. The molecular formula is C14H16ClN3O2S. The Labute approximate surface area is 130 Å². The Morgan fingerprint density at radius 2 is 1.90 bits per heavy atom. The molecule has 0 saturated carbocycles. The molecule has 0 aliphatic carbocycles. The Hall–Kier alpha value is -1.39. The van der Waals surface area contributed by atoms with E-state index in [1.807, 2.05) is 4.90 Å². The van der Waals surface area contributed by atoms with E-state index in [2.05, 4.69) is 6.07 Å². The Balaban J connectivity index is 2.03. The molecule has 0 unspecified atom stereocenters. The lowest BCUT2D eigenvalue weighted by atomic mass is 10.2. The van der Waals surface area contributed by atoms with Crippen LogP contribution in [-0.4, -0.2) is 50.3 Å². The van der Waals surface area contributed by atoms with Crippen LogP contribution in [0.3, 0.4) is 0 Å². The molecule has 0 aromatic heterocycles. The predicted molar refractivity (Wildman–Crippen MR) is 83.0 cm³/mol. The first-order valence-corrected chi connectivity index (χ1v) is 8.43. The van der Waals surface area contributed by atoms with E-state index in [0.717, 1.165) is 0 Å².